The summed E-state index contributed by atoms with van der Waals surface area (Å²) in [5.41, 5.74) is 0. The molecular weight excluding hydrogens is 227 g/mol. The van der Waals surface area contributed by atoms with Gasteiger partial charge in [-0.2, -0.15) is 0 Å². The normalized spacial score (nSPS) is 27.8. The van der Waals surface area contributed by atoms with E-state index in [-0.39, 0.29) is 0 Å². The van der Waals surface area contributed by atoms with Gasteiger partial charge in [0, 0.05) is 0 Å². The fraction of sp³-hybridized carbons (Fsp3) is 0.455. The Hall–Kier alpha value is -0.301. The van der Waals surface area contributed by atoms with E-state index in [4.69, 9.17) is 4.74 Å². The van der Waals surface area contributed by atoms with Gasteiger partial charge >= 0.3 is 85.4 Å². The quantitative estimate of drug-likeness (QED) is 0.711. The number of ether oxygens (including phenoxy) is 1. The molecule has 1 aromatic rings. The standard InChI is InChI=1S/C11H14OSe/c1-9-7-8-12-11(9)13-10-5-3-2-4-6-10/h2-6,9,11H,7-8H2,1H3/t9-,11+/m1/s1. The zero-order valence-corrected chi connectivity index (χ0v) is 9.49. The van der Waals surface area contributed by atoms with Crippen molar-refractivity contribution < 1.29 is 4.74 Å². The van der Waals surface area contributed by atoms with Crippen molar-refractivity contribution in [3.8, 4) is 0 Å². The number of hydrogen-bond donors (Lipinski definition) is 0. The Morgan fingerprint density at radius 1 is 1.31 bits per heavy atom. The average Bonchev–Trinajstić information content (AvgIpc) is 2.54. The van der Waals surface area contributed by atoms with Crippen molar-refractivity contribution in [3.63, 3.8) is 0 Å². The Morgan fingerprint density at radius 3 is 2.69 bits per heavy atom. The molecule has 0 aromatic heterocycles. The molecule has 70 valence electrons. The molecule has 1 aromatic carbocycles. The van der Waals surface area contributed by atoms with Crippen LogP contribution in [-0.2, 0) is 4.74 Å². The molecule has 1 aliphatic rings. The molecule has 0 saturated carbocycles. The fourth-order valence-electron chi connectivity index (χ4n) is 1.45. The van der Waals surface area contributed by atoms with Crippen LogP contribution in [0, 0.1) is 5.92 Å². The maximum absolute atomic E-state index is 5.70. The SMILES string of the molecule is C[C@@H]1CCO[C@H]1[Se]c1ccccc1. The molecule has 1 aliphatic heterocycles. The van der Waals surface area contributed by atoms with Crippen LogP contribution in [0.4, 0.5) is 0 Å². The van der Waals surface area contributed by atoms with Crippen LogP contribution in [0.2, 0.25) is 0 Å². The topological polar surface area (TPSA) is 9.23 Å². The first-order valence-corrected chi connectivity index (χ1v) is 6.54. The van der Waals surface area contributed by atoms with E-state index in [0.29, 0.717) is 20.0 Å². The van der Waals surface area contributed by atoms with E-state index in [0.717, 1.165) is 12.5 Å². The van der Waals surface area contributed by atoms with Gasteiger partial charge in [0.25, 0.3) is 0 Å². The molecule has 0 unspecified atom stereocenters. The predicted molar refractivity (Wildman–Crippen MR) is 55.4 cm³/mol. The van der Waals surface area contributed by atoms with Crippen molar-refractivity contribution in [1.29, 1.82) is 0 Å². The second-order valence-corrected chi connectivity index (χ2v) is 5.89. The van der Waals surface area contributed by atoms with Crippen LogP contribution in [0.3, 0.4) is 0 Å². The third kappa shape index (κ3) is 2.34. The van der Waals surface area contributed by atoms with E-state index in [2.05, 4.69) is 37.3 Å². The second kappa shape index (κ2) is 4.28. The Morgan fingerprint density at radius 2 is 2.08 bits per heavy atom. The third-order valence-electron chi connectivity index (χ3n) is 2.32. The molecule has 2 rings (SSSR count). The molecule has 2 atom stereocenters. The van der Waals surface area contributed by atoms with Crippen LogP contribution in [0.25, 0.3) is 0 Å². The molecule has 0 spiro atoms. The Labute approximate surface area is 85.6 Å². The van der Waals surface area contributed by atoms with Crippen LogP contribution in [-0.4, -0.2) is 26.6 Å². The number of hydrogen-bond acceptors (Lipinski definition) is 1. The van der Waals surface area contributed by atoms with Crippen molar-refractivity contribution in [2.24, 2.45) is 5.92 Å². The van der Waals surface area contributed by atoms with Crippen LogP contribution >= 0.6 is 0 Å². The van der Waals surface area contributed by atoms with Crippen LogP contribution in [0.1, 0.15) is 13.3 Å². The van der Waals surface area contributed by atoms with Gasteiger partial charge < -0.3 is 0 Å². The molecule has 2 heteroatoms. The van der Waals surface area contributed by atoms with Gasteiger partial charge in [-0.25, -0.2) is 0 Å². The zero-order valence-electron chi connectivity index (χ0n) is 7.77. The van der Waals surface area contributed by atoms with E-state index in [9.17, 15) is 0 Å². The van der Waals surface area contributed by atoms with Gasteiger partial charge in [0.2, 0.25) is 0 Å². The summed E-state index contributed by atoms with van der Waals surface area (Å²) in [7, 11) is 0. The summed E-state index contributed by atoms with van der Waals surface area (Å²) in [5.74, 6) is 0.750. The van der Waals surface area contributed by atoms with E-state index < -0.39 is 0 Å². The van der Waals surface area contributed by atoms with E-state index in [1.54, 1.807) is 0 Å². The van der Waals surface area contributed by atoms with Gasteiger partial charge in [-0.1, -0.05) is 0 Å². The van der Waals surface area contributed by atoms with Crippen molar-refractivity contribution >= 4 is 19.4 Å². The fourth-order valence-corrected chi connectivity index (χ4v) is 3.79. The summed E-state index contributed by atoms with van der Waals surface area (Å²) < 4.78 is 7.15. The third-order valence-corrected chi connectivity index (χ3v) is 5.21. The average molecular weight is 241 g/mol. The van der Waals surface area contributed by atoms with E-state index >= 15 is 0 Å². The Balaban J connectivity index is 1.98. The molecule has 0 N–H and O–H groups in total. The van der Waals surface area contributed by atoms with Crippen molar-refractivity contribution in [2.75, 3.05) is 6.61 Å². The van der Waals surface area contributed by atoms with Crippen LogP contribution < -0.4 is 4.46 Å². The Kier molecular flexibility index (Phi) is 3.05. The first-order chi connectivity index (χ1) is 6.36. The zero-order chi connectivity index (χ0) is 9.10. The van der Waals surface area contributed by atoms with Gasteiger partial charge in [-0.05, 0) is 0 Å². The molecule has 1 heterocycles. The molecule has 1 saturated heterocycles. The van der Waals surface area contributed by atoms with Crippen molar-refractivity contribution in [2.45, 2.75) is 18.3 Å². The van der Waals surface area contributed by atoms with Gasteiger partial charge in [-0.3, -0.25) is 0 Å². The summed E-state index contributed by atoms with van der Waals surface area (Å²) in [6, 6.07) is 10.7. The molecular formula is C11H14OSe. The summed E-state index contributed by atoms with van der Waals surface area (Å²) in [6.07, 6.45) is 1.24. The van der Waals surface area contributed by atoms with Crippen LogP contribution in [0.15, 0.2) is 30.3 Å². The molecule has 13 heavy (non-hydrogen) atoms. The summed E-state index contributed by atoms with van der Waals surface area (Å²) in [4.78, 5) is 0. The van der Waals surface area contributed by atoms with Gasteiger partial charge in [-0.15, -0.1) is 0 Å². The predicted octanol–water partition coefficient (Wildman–Crippen LogP) is 1.40. The molecule has 0 amide bonds. The number of benzene rings is 1. The first kappa shape index (κ1) is 9.26. The molecule has 1 fully saturated rings. The minimum atomic E-state index is 0.497. The van der Waals surface area contributed by atoms with Crippen molar-refractivity contribution in [3.05, 3.63) is 30.3 Å². The summed E-state index contributed by atoms with van der Waals surface area (Å²) >= 11 is 0.497. The van der Waals surface area contributed by atoms with Gasteiger partial charge in [0.1, 0.15) is 0 Å². The monoisotopic (exact) mass is 242 g/mol. The van der Waals surface area contributed by atoms with Crippen molar-refractivity contribution in [1.82, 2.24) is 0 Å². The van der Waals surface area contributed by atoms with E-state index in [1.165, 1.54) is 10.9 Å². The molecule has 0 bridgehead atoms. The molecule has 1 nitrogen and oxygen atoms in total. The minimum absolute atomic E-state index is 0.497. The molecule has 0 aliphatic carbocycles. The first-order valence-electron chi connectivity index (χ1n) is 4.69. The summed E-state index contributed by atoms with van der Waals surface area (Å²) in [5, 5.41) is 0.509. The van der Waals surface area contributed by atoms with Gasteiger partial charge in [0.15, 0.2) is 0 Å². The summed E-state index contributed by atoms with van der Waals surface area (Å²) in [6.45, 7) is 3.25. The van der Waals surface area contributed by atoms with Gasteiger partial charge in [0.05, 0.1) is 0 Å². The maximum atomic E-state index is 5.70. The van der Waals surface area contributed by atoms with E-state index in [1.807, 2.05) is 0 Å². The Bertz CT molecular complexity index is 260. The second-order valence-electron chi connectivity index (χ2n) is 3.44. The van der Waals surface area contributed by atoms with Crippen LogP contribution in [0.5, 0.6) is 0 Å². The number of rotatable bonds is 2. The molecule has 0 radical (unpaired) electrons.